The fourth-order valence-corrected chi connectivity index (χ4v) is 3.45. The molecule has 1 aromatic carbocycles. The number of nitrogens with zero attached hydrogens (tertiary/aromatic N) is 3. The zero-order valence-corrected chi connectivity index (χ0v) is 16.3. The number of aromatic carboxylic acids is 1. The van der Waals surface area contributed by atoms with Crippen molar-refractivity contribution in [1.29, 1.82) is 0 Å². The highest BCUT2D eigenvalue weighted by Crippen LogP contribution is 2.18. The predicted octanol–water partition coefficient (Wildman–Crippen LogP) is 3.03. The lowest BCUT2D eigenvalue weighted by molar-refractivity contribution is 0.0702. The average Bonchev–Trinajstić information content (AvgIpc) is 3.19. The molecule has 0 atom stereocenters. The molecule has 0 aliphatic heterocycles. The van der Waals surface area contributed by atoms with E-state index in [1.165, 1.54) is 10.6 Å². The quantitative estimate of drug-likeness (QED) is 0.342. The zero-order chi connectivity index (χ0) is 20.1. The van der Waals surface area contributed by atoms with Crippen LogP contribution in [0.25, 0.3) is 10.9 Å². The molecule has 2 aromatic heterocycles. The molecular formula is C19H20N4O4S. The van der Waals surface area contributed by atoms with Gasteiger partial charge in [-0.25, -0.2) is 15.2 Å². The Bertz CT molecular complexity index is 1090. The second-order valence-corrected chi connectivity index (χ2v) is 7.12. The van der Waals surface area contributed by atoms with Crippen molar-refractivity contribution >= 4 is 39.9 Å². The molecule has 9 heteroatoms. The van der Waals surface area contributed by atoms with Crippen LogP contribution in [0.4, 0.5) is 5.95 Å². The first-order chi connectivity index (χ1) is 13.5. The minimum Gasteiger partial charge on any atom is -0.477 e. The van der Waals surface area contributed by atoms with Crippen LogP contribution in [0.5, 0.6) is 0 Å². The number of rotatable bonds is 8. The molecule has 3 aromatic rings. The summed E-state index contributed by atoms with van der Waals surface area (Å²) in [5.41, 5.74) is 3.90. The second-order valence-electron chi connectivity index (χ2n) is 6.03. The first-order valence-corrected chi connectivity index (χ1v) is 9.45. The minimum atomic E-state index is -0.972. The maximum Gasteiger partial charge on any atom is 0.345 e. The van der Waals surface area contributed by atoms with E-state index in [0.717, 1.165) is 16.2 Å². The summed E-state index contributed by atoms with van der Waals surface area (Å²) in [4.78, 5) is 29.4. The minimum absolute atomic E-state index is 0.152. The number of nitrogens with one attached hydrogen (secondary N) is 1. The molecule has 0 saturated carbocycles. The van der Waals surface area contributed by atoms with Crippen LogP contribution in [0.3, 0.4) is 0 Å². The maximum absolute atomic E-state index is 12.9. The Balaban J connectivity index is 1.94. The lowest BCUT2D eigenvalue weighted by Crippen LogP contribution is -2.25. The van der Waals surface area contributed by atoms with Crippen molar-refractivity contribution < 1.29 is 14.6 Å². The van der Waals surface area contributed by atoms with Gasteiger partial charge in [-0.15, -0.1) is 11.3 Å². The molecular weight excluding hydrogens is 380 g/mol. The fourth-order valence-electron chi connectivity index (χ4n) is 2.66. The van der Waals surface area contributed by atoms with Crippen LogP contribution < -0.4 is 11.0 Å². The average molecular weight is 400 g/mol. The summed E-state index contributed by atoms with van der Waals surface area (Å²) < 4.78 is 6.62. The summed E-state index contributed by atoms with van der Waals surface area (Å²) in [6.45, 7) is 2.72. The summed E-state index contributed by atoms with van der Waals surface area (Å²) in [6, 6.07) is 10.4. The van der Waals surface area contributed by atoms with E-state index in [1.54, 1.807) is 38.3 Å². The SMILES string of the molecule is COCCCn1c(N/N=C(/C)c2ccc(C(=O)O)s2)nc2ccccc2c1=O. The van der Waals surface area contributed by atoms with Gasteiger partial charge in [0.15, 0.2) is 0 Å². The number of carbonyl (C=O) groups is 1. The third kappa shape index (κ3) is 4.26. The molecule has 0 radical (unpaired) electrons. The number of hydrogen-bond acceptors (Lipinski definition) is 7. The van der Waals surface area contributed by atoms with Crippen LogP contribution >= 0.6 is 11.3 Å². The second kappa shape index (κ2) is 8.77. The van der Waals surface area contributed by atoms with E-state index in [9.17, 15) is 9.59 Å². The number of thiophene rings is 1. The number of benzene rings is 1. The van der Waals surface area contributed by atoms with Gasteiger partial charge >= 0.3 is 5.97 Å². The van der Waals surface area contributed by atoms with Gasteiger partial charge in [0.1, 0.15) is 4.88 Å². The molecule has 0 spiro atoms. The lowest BCUT2D eigenvalue weighted by atomic mass is 10.2. The molecule has 2 heterocycles. The molecule has 146 valence electrons. The first kappa shape index (κ1) is 19.7. The Morgan fingerprint density at radius 2 is 2.04 bits per heavy atom. The van der Waals surface area contributed by atoms with E-state index in [2.05, 4.69) is 15.5 Å². The number of carboxylic acid groups (broad SMARTS) is 1. The van der Waals surface area contributed by atoms with Gasteiger partial charge in [0, 0.05) is 20.3 Å². The summed E-state index contributed by atoms with van der Waals surface area (Å²) in [7, 11) is 1.61. The standard InChI is InChI=1S/C19H20N4O4S/c1-12(15-8-9-16(28-15)18(25)26)21-22-19-20-14-7-4-3-6-13(14)17(24)23(19)10-5-11-27-2/h3-4,6-9H,5,10-11H2,1-2H3,(H,20,22)(H,25,26)/b21-12-. The molecule has 0 aliphatic carbocycles. The Hall–Kier alpha value is -3.04. The Kier molecular flexibility index (Phi) is 6.17. The third-order valence-electron chi connectivity index (χ3n) is 4.09. The van der Waals surface area contributed by atoms with Crippen molar-refractivity contribution in [2.45, 2.75) is 19.9 Å². The van der Waals surface area contributed by atoms with Crippen molar-refractivity contribution in [2.75, 3.05) is 19.1 Å². The van der Waals surface area contributed by atoms with Crippen LogP contribution in [0.15, 0.2) is 46.3 Å². The zero-order valence-electron chi connectivity index (χ0n) is 15.5. The summed E-state index contributed by atoms with van der Waals surface area (Å²) >= 11 is 1.14. The molecule has 0 saturated heterocycles. The number of fused-ring (bicyclic) bond motifs is 1. The van der Waals surface area contributed by atoms with E-state index < -0.39 is 5.97 Å². The number of para-hydroxylation sites is 1. The summed E-state index contributed by atoms with van der Waals surface area (Å²) in [5.74, 6) is -0.644. The smallest absolute Gasteiger partial charge is 0.345 e. The van der Waals surface area contributed by atoms with Gasteiger partial charge in [-0.3, -0.25) is 9.36 Å². The van der Waals surface area contributed by atoms with E-state index in [4.69, 9.17) is 9.84 Å². The van der Waals surface area contributed by atoms with Crippen LogP contribution in [0.1, 0.15) is 27.9 Å². The molecule has 0 amide bonds. The number of ether oxygens (including phenoxy) is 1. The number of hydrogen-bond donors (Lipinski definition) is 2. The van der Waals surface area contributed by atoms with E-state index >= 15 is 0 Å². The highest BCUT2D eigenvalue weighted by molar-refractivity contribution is 7.15. The molecule has 3 rings (SSSR count). The molecule has 8 nitrogen and oxygen atoms in total. The largest absolute Gasteiger partial charge is 0.477 e. The Morgan fingerprint density at radius 1 is 1.29 bits per heavy atom. The summed E-state index contributed by atoms with van der Waals surface area (Å²) in [5, 5.41) is 13.9. The van der Waals surface area contributed by atoms with E-state index in [1.807, 2.05) is 6.07 Å². The monoisotopic (exact) mass is 400 g/mol. The number of hydrazone groups is 1. The first-order valence-electron chi connectivity index (χ1n) is 8.63. The van der Waals surface area contributed by atoms with Crippen LogP contribution in [-0.2, 0) is 11.3 Å². The summed E-state index contributed by atoms with van der Waals surface area (Å²) in [6.07, 6.45) is 0.653. The van der Waals surface area contributed by atoms with Gasteiger partial charge in [-0.2, -0.15) is 5.10 Å². The highest BCUT2D eigenvalue weighted by atomic mass is 32.1. The van der Waals surface area contributed by atoms with Gasteiger partial charge in [-0.05, 0) is 37.6 Å². The van der Waals surface area contributed by atoms with E-state index in [0.29, 0.717) is 42.1 Å². The molecule has 2 N–H and O–H groups in total. The maximum atomic E-state index is 12.9. The molecule has 0 unspecified atom stereocenters. The fraction of sp³-hybridized carbons (Fsp3) is 0.263. The Morgan fingerprint density at radius 3 is 2.75 bits per heavy atom. The third-order valence-corrected chi connectivity index (χ3v) is 5.27. The van der Waals surface area contributed by atoms with Gasteiger partial charge in [-0.1, -0.05) is 12.1 Å². The van der Waals surface area contributed by atoms with Crippen molar-refractivity contribution in [3.8, 4) is 0 Å². The van der Waals surface area contributed by atoms with Crippen molar-refractivity contribution in [2.24, 2.45) is 5.10 Å². The van der Waals surface area contributed by atoms with Gasteiger partial charge < -0.3 is 9.84 Å². The van der Waals surface area contributed by atoms with Crippen LogP contribution in [-0.4, -0.2) is 40.1 Å². The topological polar surface area (TPSA) is 106 Å². The molecule has 0 bridgehead atoms. The van der Waals surface area contributed by atoms with Gasteiger partial charge in [0.05, 0.1) is 21.5 Å². The van der Waals surface area contributed by atoms with Gasteiger partial charge in [0.2, 0.25) is 5.95 Å². The number of methoxy groups -OCH3 is 1. The van der Waals surface area contributed by atoms with Crippen molar-refractivity contribution in [3.63, 3.8) is 0 Å². The van der Waals surface area contributed by atoms with Crippen molar-refractivity contribution in [3.05, 3.63) is 56.5 Å². The molecule has 28 heavy (non-hydrogen) atoms. The number of aromatic nitrogens is 2. The highest BCUT2D eigenvalue weighted by Gasteiger charge is 2.12. The lowest BCUT2D eigenvalue weighted by Gasteiger charge is -2.13. The molecule has 0 fully saturated rings. The predicted molar refractivity (Wildman–Crippen MR) is 110 cm³/mol. The van der Waals surface area contributed by atoms with Crippen molar-refractivity contribution in [1.82, 2.24) is 9.55 Å². The normalized spacial score (nSPS) is 11.7. The number of carboxylic acids is 1. The Labute approximate surface area is 165 Å². The van der Waals surface area contributed by atoms with Crippen LogP contribution in [0.2, 0.25) is 0 Å². The van der Waals surface area contributed by atoms with E-state index in [-0.39, 0.29) is 10.4 Å². The molecule has 0 aliphatic rings. The van der Waals surface area contributed by atoms with Gasteiger partial charge in [0.25, 0.3) is 5.56 Å². The number of anilines is 1. The van der Waals surface area contributed by atoms with Crippen LogP contribution in [0, 0.1) is 0 Å².